The van der Waals surface area contributed by atoms with Gasteiger partial charge in [0.15, 0.2) is 11.6 Å². The van der Waals surface area contributed by atoms with Crippen molar-refractivity contribution in [2.45, 2.75) is 71.0 Å². The number of allylic oxidation sites excluding steroid dienone is 3. The SMILES string of the molecule is CC12CCC3C(CC(C4CC4)=C4CC5(CCC43C)OCCO5)C1C=CC2=O. The van der Waals surface area contributed by atoms with Gasteiger partial charge in [-0.3, -0.25) is 4.79 Å². The van der Waals surface area contributed by atoms with Crippen molar-refractivity contribution in [2.24, 2.45) is 34.5 Å². The van der Waals surface area contributed by atoms with Crippen LogP contribution < -0.4 is 0 Å². The van der Waals surface area contributed by atoms with Crippen LogP contribution in [-0.4, -0.2) is 24.8 Å². The Hall–Kier alpha value is -0.930. The molecular formula is C24H32O3. The van der Waals surface area contributed by atoms with E-state index in [9.17, 15) is 4.79 Å². The second-order valence-electron chi connectivity index (χ2n) is 10.7. The number of carbonyl (C=O) groups is 1. The van der Waals surface area contributed by atoms with E-state index in [1.54, 1.807) is 11.1 Å². The van der Waals surface area contributed by atoms with Crippen molar-refractivity contribution in [2.75, 3.05) is 13.2 Å². The number of fused-ring (bicyclic) bond motifs is 5. The van der Waals surface area contributed by atoms with Gasteiger partial charge in [-0.25, -0.2) is 0 Å². The van der Waals surface area contributed by atoms with Crippen molar-refractivity contribution in [1.82, 2.24) is 0 Å². The molecule has 0 aromatic heterocycles. The van der Waals surface area contributed by atoms with E-state index in [1.807, 2.05) is 6.08 Å². The Morgan fingerprint density at radius 3 is 2.52 bits per heavy atom. The van der Waals surface area contributed by atoms with Gasteiger partial charge >= 0.3 is 0 Å². The molecule has 0 aromatic carbocycles. The summed E-state index contributed by atoms with van der Waals surface area (Å²) in [7, 11) is 0. The summed E-state index contributed by atoms with van der Waals surface area (Å²) in [5.74, 6) is 2.66. The van der Waals surface area contributed by atoms with Gasteiger partial charge in [-0.2, -0.15) is 0 Å². The second kappa shape index (κ2) is 5.36. The van der Waals surface area contributed by atoms with Gasteiger partial charge in [0.25, 0.3) is 0 Å². The van der Waals surface area contributed by atoms with E-state index >= 15 is 0 Å². The fraction of sp³-hybridized carbons (Fsp3) is 0.792. The molecule has 1 aliphatic heterocycles. The number of rotatable bonds is 1. The first-order chi connectivity index (χ1) is 13.0. The molecule has 0 aromatic rings. The lowest BCUT2D eigenvalue weighted by Crippen LogP contribution is -2.53. The van der Waals surface area contributed by atoms with Gasteiger partial charge in [0.05, 0.1) is 13.2 Å². The highest BCUT2D eigenvalue weighted by Crippen LogP contribution is 2.67. The summed E-state index contributed by atoms with van der Waals surface area (Å²) in [6.07, 6.45) is 13.6. The molecule has 27 heavy (non-hydrogen) atoms. The first-order valence-electron chi connectivity index (χ1n) is 11.2. The predicted octanol–water partition coefficient (Wildman–Crippen LogP) is 4.82. The van der Waals surface area contributed by atoms with Crippen LogP contribution in [0.2, 0.25) is 0 Å². The van der Waals surface area contributed by atoms with Gasteiger partial charge in [0.2, 0.25) is 0 Å². The Bertz CT molecular complexity index is 754. The normalized spacial score (nSPS) is 47.9. The quantitative estimate of drug-likeness (QED) is 0.623. The molecule has 5 atom stereocenters. The molecule has 3 nitrogen and oxygen atoms in total. The fourth-order valence-electron chi connectivity index (χ4n) is 7.66. The van der Waals surface area contributed by atoms with Crippen LogP contribution >= 0.6 is 0 Å². The Morgan fingerprint density at radius 2 is 1.78 bits per heavy atom. The molecule has 1 spiro atoms. The molecule has 5 aliphatic carbocycles. The predicted molar refractivity (Wildman–Crippen MR) is 103 cm³/mol. The molecule has 0 radical (unpaired) electrons. The van der Waals surface area contributed by atoms with Crippen molar-refractivity contribution in [3.8, 4) is 0 Å². The highest BCUT2D eigenvalue weighted by atomic mass is 16.7. The Balaban J connectivity index is 1.43. The first-order valence-corrected chi connectivity index (χ1v) is 11.2. The fourth-order valence-corrected chi connectivity index (χ4v) is 7.66. The molecule has 4 fully saturated rings. The van der Waals surface area contributed by atoms with E-state index in [-0.39, 0.29) is 16.6 Å². The maximum absolute atomic E-state index is 12.6. The van der Waals surface area contributed by atoms with Crippen molar-refractivity contribution < 1.29 is 14.3 Å². The van der Waals surface area contributed by atoms with E-state index < -0.39 is 0 Å². The van der Waals surface area contributed by atoms with Crippen LogP contribution in [0.15, 0.2) is 23.3 Å². The number of hydrogen-bond acceptors (Lipinski definition) is 3. The van der Waals surface area contributed by atoms with E-state index in [4.69, 9.17) is 9.47 Å². The Morgan fingerprint density at radius 1 is 1.00 bits per heavy atom. The Labute approximate surface area is 162 Å². The molecule has 0 amide bonds. The molecule has 0 N–H and O–H groups in total. The second-order valence-corrected chi connectivity index (χ2v) is 10.7. The maximum atomic E-state index is 12.6. The molecular weight excluding hydrogens is 336 g/mol. The van der Waals surface area contributed by atoms with Crippen molar-refractivity contribution >= 4 is 5.78 Å². The highest BCUT2D eigenvalue weighted by molar-refractivity contribution is 5.97. The van der Waals surface area contributed by atoms with Crippen LogP contribution in [0.5, 0.6) is 0 Å². The summed E-state index contributed by atoms with van der Waals surface area (Å²) in [5, 5.41) is 0. The van der Waals surface area contributed by atoms with Crippen molar-refractivity contribution in [3.05, 3.63) is 23.3 Å². The lowest BCUT2D eigenvalue weighted by Gasteiger charge is -2.59. The van der Waals surface area contributed by atoms with Crippen LogP contribution in [0.25, 0.3) is 0 Å². The lowest BCUT2D eigenvalue weighted by atomic mass is 9.46. The van der Waals surface area contributed by atoms with Crippen LogP contribution in [-0.2, 0) is 14.3 Å². The smallest absolute Gasteiger partial charge is 0.172 e. The summed E-state index contributed by atoms with van der Waals surface area (Å²) in [6, 6.07) is 0. The zero-order valence-corrected chi connectivity index (χ0v) is 16.8. The van der Waals surface area contributed by atoms with Crippen molar-refractivity contribution in [1.29, 1.82) is 0 Å². The standard InChI is InChI=1S/C24H32O3/c1-22-9-10-24(26-11-12-27-24)14-20(22)16(15-3-4-15)13-17-18-5-6-21(25)23(18,2)8-7-19(17)22/h5-6,15,17-19H,3-4,7-14H2,1-2H3. The summed E-state index contributed by atoms with van der Waals surface area (Å²) in [4.78, 5) is 12.6. The average molecular weight is 369 g/mol. The van der Waals surface area contributed by atoms with Crippen LogP contribution in [0, 0.1) is 34.5 Å². The van der Waals surface area contributed by atoms with Crippen LogP contribution in [0.1, 0.15) is 65.2 Å². The van der Waals surface area contributed by atoms with E-state index in [0.717, 1.165) is 38.4 Å². The van der Waals surface area contributed by atoms with Crippen LogP contribution in [0.3, 0.4) is 0 Å². The summed E-state index contributed by atoms with van der Waals surface area (Å²) in [6.45, 7) is 6.29. The van der Waals surface area contributed by atoms with Crippen LogP contribution in [0.4, 0.5) is 0 Å². The van der Waals surface area contributed by atoms with Gasteiger partial charge < -0.3 is 9.47 Å². The van der Waals surface area contributed by atoms with E-state index in [1.165, 1.54) is 32.1 Å². The minimum atomic E-state index is -0.325. The third-order valence-electron chi connectivity index (χ3n) is 9.41. The number of hydrogen-bond donors (Lipinski definition) is 0. The van der Waals surface area contributed by atoms with E-state index in [2.05, 4.69) is 19.9 Å². The first kappa shape index (κ1) is 17.0. The molecule has 1 heterocycles. The molecule has 1 saturated heterocycles. The highest BCUT2D eigenvalue weighted by Gasteiger charge is 2.61. The minimum Gasteiger partial charge on any atom is -0.347 e. The minimum absolute atomic E-state index is 0.128. The average Bonchev–Trinajstić information content (AvgIpc) is 3.32. The molecule has 6 rings (SSSR count). The third-order valence-corrected chi connectivity index (χ3v) is 9.41. The van der Waals surface area contributed by atoms with Gasteiger partial charge in [-0.05, 0) is 73.7 Å². The lowest BCUT2D eigenvalue weighted by molar-refractivity contribution is -0.185. The number of ether oxygens (including phenoxy) is 2. The van der Waals surface area contributed by atoms with Gasteiger partial charge in [0.1, 0.15) is 0 Å². The largest absolute Gasteiger partial charge is 0.347 e. The number of ketones is 1. The molecule has 0 bridgehead atoms. The Kier molecular flexibility index (Phi) is 3.37. The van der Waals surface area contributed by atoms with Gasteiger partial charge in [0, 0.05) is 18.3 Å². The van der Waals surface area contributed by atoms with Crippen molar-refractivity contribution in [3.63, 3.8) is 0 Å². The summed E-state index contributed by atoms with van der Waals surface area (Å²) >= 11 is 0. The van der Waals surface area contributed by atoms with E-state index in [0.29, 0.717) is 23.5 Å². The maximum Gasteiger partial charge on any atom is 0.172 e. The molecule has 5 unspecified atom stereocenters. The number of carbonyl (C=O) groups excluding carboxylic acids is 1. The molecule has 3 heteroatoms. The van der Waals surface area contributed by atoms with Gasteiger partial charge in [-0.15, -0.1) is 0 Å². The topological polar surface area (TPSA) is 35.5 Å². The monoisotopic (exact) mass is 368 g/mol. The summed E-state index contributed by atoms with van der Waals surface area (Å²) in [5.41, 5.74) is 3.60. The zero-order chi connectivity index (χ0) is 18.4. The third kappa shape index (κ3) is 2.19. The van der Waals surface area contributed by atoms with Gasteiger partial charge in [-0.1, -0.05) is 31.1 Å². The summed E-state index contributed by atoms with van der Waals surface area (Å²) < 4.78 is 12.3. The zero-order valence-electron chi connectivity index (χ0n) is 16.8. The molecule has 146 valence electrons. The molecule has 3 saturated carbocycles. The molecule has 6 aliphatic rings.